The van der Waals surface area contributed by atoms with Gasteiger partial charge in [0.05, 0.1) is 0 Å². The van der Waals surface area contributed by atoms with Crippen molar-refractivity contribution in [2.24, 2.45) is 0 Å². The fraction of sp³-hybridized carbons (Fsp3) is 0.500. The maximum Gasteiger partial charge on any atom is 0.226 e. The lowest BCUT2D eigenvalue weighted by Gasteiger charge is -2.22. The van der Waals surface area contributed by atoms with Crippen LogP contribution in [0, 0.1) is 0 Å². The Hall–Kier alpha value is -0.830. The molecule has 0 bridgehead atoms. The van der Waals surface area contributed by atoms with Crippen molar-refractivity contribution in [1.29, 1.82) is 0 Å². The molecule has 0 fully saturated rings. The molecule has 1 rings (SSSR count). The number of hydrogen-bond acceptors (Lipinski definition) is 1. The van der Waals surface area contributed by atoms with Crippen LogP contribution in [0.25, 0.3) is 0 Å². The first-order valence-corrected chi connectivity index (χ1v) is 7.04. The van der Waals surface area contributed by atoms with Crippen molar-refractivity contribution in [2.45, 2.75) is 39.5 Å². The number of amides is 1. The van der Waals surface area contributed by atoms with Crippen molar-refractivity contribution >= 4 is 27.5 Å². The molecule has 2 nitrogen and oxygen atoms in total. The van der Waals surface area contributed by atoms with Crippen molar-refractivity contribution in [3.8, 4) is 0 Å². The Morgan fingerprint density at radius 2 is 2.06 bits per heavy atom. The molecule has 0 unspecified atom stereocenters. The van der Waals surface area contributed by atoms with Crippen LogP contribution < -0.4 is 4.90 Å². The summed E-state index contributed by atoms with van der Waals surface area (Å²) in [7, 11) is 0. The van der Waals surface area contributed by atoms with Crippen molar-refractivity contribution < 1.29 is 4.79 Å². The monoisotopic (exact) mass is 297 g/mol. The van der Waals surface area contributed by atoms with Crippen molar-refractivity contribution in [3.63, 3.8) is 0 Å². The number of unbranched alkanes of at least 4 members (excludes halogenated alkanes) is 1. The fourth-order valence-corrected chi connectivity index (χ4v) is 2.09. The van der Waals surface area contributed by atoms with Gasteiger partial charge in [-0.1, -0.05) is 42.3 Å². The Kier molecular flexibility index (Phi) is 6.27. The van der Waals surface area contributed by atoms with Gasteiger partial charge in [-0.15, -0.1) is 0 Å². The van der Waals surface area contributed by atoms with E-state index in [0.717, 1.165) is 36.0 Å². The van der Waals surface area contributed by atoms with Crippen molar-refractivity contribution in [2.75, 3.05) is 11.4 Å². The molecule has 0 aliphatic carbocycles. The van der Waals surface area contributed by atoms with Gasteiger partial charge >= 0.3 is 0 Å². The number of nitrogens with zero attached hydrogens (tertiary/aromatic N) is 1. The van der Waals surface area contributed by atoms with Crippen LogP contribution in [0.4, 0.5) is 5.69 Å². The third-order valence-corrected chi connectivity index (χ3v) is 3.11. The van der Waals surface area contributed by atoms with Gasteiger partial charge in [0, 0.05) is 23.1 Å². The number of halogens is 1. The van der Waals surface area contributed by atoms with Crippen LogP contribution in [0.5, 0.6) is 0 Å². The summed E-state index contributed by atoms with van der Waals surface area (Å²) in [6.45, 7) is 4.99. The van der Waals surface area contributed by atoms with Gasteiger partial charge in [-0.3, -0.25) is 4.79 Å². The normalized spacial score (nSPS) is 10.3. The number of anilines is 1. The van der Waals surface area contributed by atoms with E-state index in [1.54, 1.807) is 0 Å². The molecule has 0 aromatic heterocycles. The molecule has 0 radical (unpaired) electrons. The summed E-state index contributed by atoms with van der Waals surface area (Å²) < 4.78 is 1.01. The van der Waals surface area contributed by atoms with Crippen LogP contribution in [-0.2, 0) is 4.79 Å². The summed E-state index contributed by atoms with van der Waals surface area (Å²) in [6, 6.07) is 7.95. The van der Waals surface area contributed by atoms with E-state index in [4.69, 9.17) is 0 Å². The van der Waals surface area contributed by atoms with Gasteiger partial charge in [0.15, 0.2) is 0 Å². The van der Waals surface area contributed by atoms with Gasteiger partial charge in [0.25, 0.3) is 0 Å². The number of carbonyl (C=O) groups excluding carboxylic acids is 1. The minimum absolute atomic E-state index is 0.221. The average molecular weight is 298 g/mol. The van der Waals surface area contributed by atoms with E-state index < -0.39 is 0 Å². The van der Waals surface area contributed by atoms with Crippen LogP contribution in [-0.4, -0.2) is 12.5 Å². The lowest BCUT2D eigenvalue weighted by Crippen LogP contribution is -2.31. The second-order valence-corrected chi connectivity index (χ2v) is 5.04. The number of benzene rings is 1. The van der Waals surface area contributed by atoms with E-state index in [-0.39, 0.29) is 5.91 Å². The van der Waals surface area contributed by atoms with Crippen LogP contribution in [0.2, 0.25) is 0 Å². The quantitative estimate of drug-likeness (QED) is 0.763. The van der Waals surface area contributed by atoms with Gasteiger partial charge in [-0.05, 0) is 31.0 Å². The zero-order valence-electron chi connectivity index (χ0n) is 10.6. The van der Waals surface area contributed by atoms with Gasteiger partial charge in [-0.25, -0.2) is 0 Å². The standard InChI is InChI=1S/C14H20BrNO/c1-3-5-10-16(14(17)7-4-2)13-9-6-8-12(15)11-13/h6,8-9,11H,3-5,7,10H2,1-2H3. The van der Waals surface area contributed by atoms with Crippen LogP contribution >= 0.6 is 15.9 Å². The maximum absolute atomic E-state index is 12.1. The van der Waals surface area contributed by atoms with Gasteiger partial charge in [-0.2, -0.15) is 0 Å². The van der Waals surface area contributed by atoms with E-state index in [0.29, 0.717) is 6.42 Å². The van der Waals surface area contributed by atoms with E-state index in [1.807, 2.05) is 36.1 Å². The molecule has 0 atom stereocenters. The van der Waals surface area contributed by atoms with Crippen LogP contribution in [0.3, 0.4) is 0 Å². The first kappa shape index (κ1) is 14.2. The largest absolute Gasteiger partial charge is 0.312 e. The Bertz CT molecular complexity index is 365. The highest BCUT2D eigenvalue weighted by molar-refractivity contribution is 9.10. The van der Waals surface area contributed by atoms with E-state index in [2.05, 4.69) is 22.9 Å². The molecule has 3 heteroatoms. The lowest BCUT2D eigenvalue weighted by atomic mass is 10.2. The molecule has 17 heavy (non-hydrogen) atoms. The molecule has 0 N–H and O–H groups in total. The Balaban J connectivity index is 2.85. The molecular weight excluding hydrogens is 278 g/mol. The summed E-state index contributed by atoms with van der Waals surface area (Å²) in [5.41, 5.74) is 0.992. The van der Waals surface area contributed by atoms with Crippen molar-refractivity contribution in [1.82, 2.24) is 0 Å². The molecule has 0 heterocycles. The van der Waals surface area contributed by atoms with Crippen LogP contribution in [0.15, 0.2) is 28.7 Å². The number of hydrogen-bond donors (Lipinski definition) is 0. The first-order valence-electron chi connectivity index (χ1n) is 6.25. The SMILES string of the molecule is CCCCN(C(=O)CCC)c1cccc(Br)c1. The third kappa shape index (κ3) is 4.50. The number of carbonyl (C=O) groups is 1. The molecule has 0 saturated heterocycles. The smallest absolute Gasteiger partial charge is 0.226 e. The average Bonchev–Trinajstić information content (AvgIpc) is 2.30. The fourth-order valence-electron chi connectivity index (χ4n) is 1.71. The highest BCUT2D eigenvalue weighted by Gasteiger charge is 2.14. The van der Waals surface area contributed by atoms with E-state index in [9.17, 15) is 4.79 Å². The summed E-state index contributed by atoms with van der Waals surface area (Å²) in [5, 5.41) is 0. The Labute approximate surface area is 112 Å². The van der Waals surface area contributed by atoms with E-state index in [1.165, 1.54) is 0 Å². The maximum atomic E-state index is 12.1. The summed E-state index contributed by atoms with van der Waals surface area (Å²) in [6.07, 6.45) is 3.66. The zero-order valence-corrected chi connectivity index (χ0v) is 12.2. The molecule has 0 aliphatic rings. The van der Waals surface area contributed by atoms with Crippen molar-refractivity contribution in [3.05, 3.63) is 28.7 Å². The highest BCUT2D eigenvalue weighted by atomic mass is 79.9. The second kappa shape index (κ2) is 7.49. The molecule has 0 aliphatic heterocycles. The summed E-state index contributed by atoms with van der Waals surface area (Å²) in [5.74, 6) is 0.221. The zero-order chi connectivity index (χ0) is 12.7. The Morgan fingerprint density at radius 1 is 1.29 bits per heavy atom. The van der Waals surface area contributed by atoms with E-state index >= 15 is 0 Å². The predicted octanol–water partition coefficient (Wildman–Crippen LogP) is 4.38. The molecule has 94 valence electrons. The molecule has 1 amide bonds. The molecule has 0 saturated carbocycles. The van der Waals surface area contributed by atoms with Crippen LogP contribution in [0.1, 0.15) is 39.5 Å². The van der Waals surface area contributed by atoms with Gasteiger partial charge < -0.3 is 4.90 Å². The Morgan fingerprint density at radius 3 is 2.65 bits per heavy atom. The second-order valence-electron chi connectivity index (χ2n) is 4.13. The van der Waals surface area contributed by atoms with Gasteiger partial charge in [0.2, 0.25) is 5.91 Å². The summed E-state index contributed by atoms with van der Waals surface area (Å²) in [4.78, 5) is 14.0. The third-order valence-electron chi connectivity index (χ3n) is 2.62. The lowest BCUT2D eigenvalue weighted by molar-refractivity contribution is -0.118. The first-order chi connectivity index (χ1) is 8.19. The number of rotatable bonds is 6. The topological polar surface area (TPSA) is 20.3 Å². The molecule has 1 aromatic carbocycles. The highest BCUT2D eigenvalue weighted by Crippen LogP contribution is 2.21. The van der Waals surface area contributed by atoms with Gasteiger partial charge in [0.1, 0.15) is 0 Å². The molecule has 0 spiro atoms. The molecule has 1 aromatic rings. The molecular formula is C14H20BrNO. The minimum Gasteiger partial charge on any atom is -0.312 e. The minimum atomic E-state index is 0.221. The summed E-state index contributed by atoms with van der Waals surface area (Å²) >= 11 is 3.45. The predicted molar refractivity (Wildman–Crippen MR) is 76.3 cm³/mol.